The van der Waals surface area contributed by atoms with E-state index >= 15 is 0 Å². The average Bonchev–Trinajstić information content (AvgIpc) is 2.49. The number of rotatable bonds is 6. The van der Waals surface area contributed by atoms with Crippen LogP contribution in [0.3, 0.4) is 0 Å². The van der Waals surface area contributed by atoms with E-state index in [-0.39, 0.29) is 5.54 Å². The van der Waals surface area contributed by atoms with Gasteiger partial charge in [0, 0.05) is 11.6 Å². The van der Waals surface area contributed by atoms with Gasteiger partial charge in [0.15, 0.2) is 0 Å². The van der Waals surface area contributed by atoms with Crippen molar-refractivity contribution in [3.8, 4) is 0 Å². The Morgan fingerprint density at radius 2 is 1.90 bits per heavy atom. The lowest BCUT2D eigenvalue weighted by atomic mass is 9.81. The summed E-state index contributed by atoms with van der Waals surface area (Å²) < 4.78 is 0. The maximum atomic E-state index is 3.87. The molecule has 1 saturated heterocycles. The van der Waals surface area contributed by atoms with Crippen molar-refractivity contribution >= 4 is 0 Å². The topological polar surface area (TPSA) is 15.3 Å². The summed E-state index contributed by atoms with van der Waals surface area (Å²) in [6.45, 7) is 10.9. The van der Waals surface area contributed by atoms with E-state index in [1.54, 1.807) is 5.57 Å². The first-order valence-electron chi connectivity index (χ1n) is 8.83. The second-order valence-corrected chi connectivity index (χ2v) is 7.11. The first-order chi connectivity index (χ1) is 9.66. The van der Waals surface area contributed by atoms with Gasteiger partial charge in [0.1, 0.15) is 0 Å². The SMILES string of the molecule is CCCNC(C1=CCCCC1)C(C)(C)N1CCCCC1. The van der Waals surface area contributed by atoms with Crippen LogP contribution in [0.5, 0.6) is 0 Å². The van der Waals surface area contributed by atoms with Crippen LogP contribution in [0, 0.1) is 0 Å². The van der Waals surface area contributed by atoms with Crippen LogP contribution in [0.25, 0.3) is 0 Å². The Bertz CT molecular complexity index is 313. The van der Waals surface area contributed by atoms with Gasteiger partial charge in [0.25, 0.3) is 0 Å². The average molecular weight is 278 g/mol. The number of nitrogens with zero attached hydrogens (tertiary/aromatic N) is 1. The molecule has 20 heavy (non-hydrogen) atoms. The summed E-state index contributed by atoms with van der Waals surface area (Å²) in [5.41, 5.74) is 1.93. The normalized spacial score (nSPS) is 23.4. The van der Waals surface area contributed by atoms with E-state index in [4.69, 9.17) is 0 Å². The van der Waals surface area contributed by atoms with Crippen LogP contribution in [0.1, 0.15) is 72.1 Å². The highest BCUT2D eigenvalue weighted by Crippen LogP contribution is 2.31. The Hall–Kier alpha value is -0.340. The fourth-order valence-electron chi connectivity index (χ4n) is 3.90. The predicted octanol–water partition coefficient (Wildman–Crippen LogP) is 4.12. The standard InChI is InChI=1S/C18H34N2/c1-4-13-19-17(16-11-7-5-8-12-16)18(2,3)20-14-9-6-10-15-20/h11,17,19H,4-10,12-15H2,1-3H3. The summed E-state index contributed by atoms with van der Waals surface area (Å²) in [5, 5.41) is 3.87. The van der Waals surface area contributed by atoms with Crippen LogP contribution in [-0.2, 0) is 0 Å². The second kappa shape index (κ2) is 7.61. The Morgan fingerprint density at radius 1 is 1.15 bits per heavy atom. The first-order valence-corrected chi connectivity index (χ1v) is 8.83. The highest BCUT2D eigenvalue weighted by atomic mass is 15.2. The molecule has 1 fully saturated rings. The molecule has 0 spiro atoms. The van der Waals surface area contributed by atoms with Crippen molar-refractivity contribution in [1.82, 2.24) is 10.2 Å². The van der Waals surface area contributed by atoms with E-state index in [9.17, 15) is 0 Å². The van der Waals surface area contributed by atoms with Crippen LogP contribution in [-0.4, -0.2) is 36.1 Å². The Balaban J connectivity index is 2.12. The summed E-state index contributed by atoms with van der Waals surface area (Å²) in [6.07, 6.45) is 13.3. The molecule has 0 bridgehead atoms. The Morgan fingerprint density at radius 3 is 2.50 bits per heavy atom. The molecule has 1 heterocycles. The number of hydrogen-bond acceptors (Lipinski definition) is 2. The van der Waals surface area contributed by atoms with Crippen LogP contribution in [0.2, 0.25) is 0 Å². The second-order valence-electron chi connectivity index (χ2n) is 7.11. The molecule has 0 aromatic rings. The van der Waals surface area contributed by atoms with Crippen LogP contribution < -0.4 is 5.32 Å². The molecule has 2 aliphatic rings. The monoisotopic (exact) mass is 278 g/mol. The van der Waals surface area contributed by atoms with Gasteiger partial charge in [-0.2, -0.15) is 0 Å². The molecule has 1 atom stereocenters. The fraction of sp³-hybridized carbons (Fsp3) is 0.889. The van der Waals surface area contributed by atoms with E-state index in [0.29, 0.717) is 6.04 Å². The number of likely N-dealkylation sites (tertiary alicyclic amines) is 1. The third kappa shape index (κ3) is 3.85. The minimum Gasteiger partial charge on any atom is -0.309 e. The maximum Gasteiger partial charge on any atom is 0.0461 e. The lowest BCUT2D eigenvalue weighted by molar-refractivity contribution is 0.0702. The maximum absolute atomic E-state index is 3.87. The van der Waals surface area contributed by atoms with Gasteiger partial charge in [-0.05, 0) is 78.4 Å². The largest absolute Gasteiger partial charge is 0.309 e. The Labute approximate surface area is 126 Å². The van der Waals surface area contributed by atoms with Gasteiger partial charge in [-0.1, -0.05) is 25.0 Å². The van der Waals surface area contributed by atoms with Gasteiger partial charge >= 0.3 is 0 Å². The summed E-state index contributed by atoms with van der Waals surface area (Å²) in [5.74, 6) is 0. The minimum absolute atomic E-state index is 0.249. The highest BCUT2D eigenvalue weighted by Gasteiger charge is 2.37. The summed E-state index contributed by atoms with van der Waals surface area (Å²) >= 11 is 0. The van der Waals surface area contributed by atoms with Crippen LogP contribution in [0.4, 0.5) is 0 Å². The van der Waals surface area contributed by atoms with E-state index in [2.05, 4.69) is 37.1 Å². The van der Waals surface area contributed by atoms with Gasteiger partial charge in [0.2, 0.25) is 0 Å². The van der Waals surface area contributed by atoms with Crippen molar-refractivity contribution in [3.05, 3.63) is 11.6 Å². The number of piperidine rings is 1. The molecule has 1 N–H and O–H groups in total. The van der Waals surface area contributed by atoms with Gasteiger partial charge in [-0.25, -0.2) is 0 Å². The third-order valence-corrected chi connectivity index (χ3v) is 5.17. The van der Waals surface area contributed by atoms with Crippen LogP contribution >= 0.6 is 0 Å². The highest BCUT2D eigenvalue weighted by molar-refractivity contribution is 5.20. The van der Waals surface area contributed by atoms with E-state index in [1.165, 1.54) is 64.5 Å². The zero-order valence-corrected chi connectivity index (χ0v) is 13.9. The predicted molar refractivity (Wildman–Crippen MR) is 88.1 cm³/mol. The molecule has 0 saturated carbocycles. The summed E-state index contributed by atoms with van der Waals surface area (Å²) in [6, 6.07) is 0.542. The van der Waals surface area contributed by atoms with E-state index < -0.39 is 0 Å². The van der Waals surface area contributed by atoms with Gasteiger partial charge in [-0.15, -0.1) is 0 Å². The van der Waals surface area contributed by atoms with Crippen molar-refractivity contribution in [3.63, 3.8) is 0 Å². The third-order valence-electron chi connectivity index (χ3n) is 5.17. The lowest BCUT2D eigenvalue weighted by Gasteiger charge is -2.47. The molecule has 0 radical (unpaired) electrons. The molecule has 2 nitrogen and oxygen atoms in total. The zero-order valence-electron chi connectivity index (χ0n) is 13.9. The number of hydrogen-bond donors (Lipinski definition) is 1. The van der Waals surface area contributed by atoms with Crippen molar-refractivity contribution in [2.45, 2.75) is 83.7 Å². The molecule has 1 aliphatic heterocycles. The molecular formula is C18H34N2. The molecule has 2 heteroatoms. The van der Waals surface area contributed by atoms with E-state index in [0.717, 1.165) is 6.54 Å². The van der Waals surface area contributed by atoms with Gasteiger partial charge < -0.3 is 5.32 Å². The fourth-order valence-corrected chi connectivity index (χ4v) is 3.90. The zero-order chi connectivity index (χ0) is 14.4. The summed E-state index contributed by atoms with van der Waals surface area (Å²) in [4.78, 5) is 2.74. The molecule has 1 unspecified atom stereocenters. The summed E-state index contributed by atoms with van der Waals surface area (Å²) in [7, 11) is 0. The van der Waals surface area contributed by atoms with Crippen LogP contribution in [0.15, 0.2) is 11.6 Å². The molecular weight excluding hydrogens is 244 g/mol. The van der Waals surface area contributed by atoms with Crippen molar-refractivity contribution in [2.24, 2.45) is 0 Å². The number of allylic oxidation sites excluding steroid dienone is 1. The molecule has 2 rings (SSSR count). The van der Waals surface area contributed by atoms with Crippen molar-refractivity contribution < 1.29 is 0 Å². The number of nitrogens with one attached hydrogen (secondary N) is 1. The Kier molecular flexibility index (Phi) is 6.10. The molecule has 116 valence electrons. The minimum atomic E-state index is 0.249. The van der Waals surface area contributed by atoms with Crippen molar-refractivity contribution in [1.29, 1.82) is 0 Å². The quantitative estimate of drug-likeness (QED) is 0.735. The molecule has 0 amide bonds. The lowest BCUT2D eigenvalue weighted by Crippen LogP contribution is -2.59. The van der Waals surface area contributed by atoms with Gasteiger partial charge in [0.05, 0.1) is 0 Å². The molecule has 1 aliphatic carbocycles. The van der Waals surface area contributed by atoms with E-state index in [1.807, 2.05) is 0 Å². The first kappa shape index (κ1) is 16.0. The molecule has 0 aromatic heterocycles. The van der Waals surface area contributed by atoms with Crippen molar-refractivity contribution in [2.75, 3.05) is 19.6 Å². The smallest absolute Gasteiger partial charge is 0.0461 e. The van der Waals surface area contributed by atoms with Gasteiger partial charge in [-0.3, -0.25) is 4.90 Å². The molecule has 0 aromatic carbocycles.